The number of esters is 1. The molecule has 0 fully saturated rings. The summed E-state index contributed by atoms with van der Waals surface area (Å²) in [7, 11) is 0. The van der Waals surface area contributed by atoms with Crippen LogP contribution in [0.3, 0.4) is 0 Å². The fourth-order valence-corrected chi connectivity index (χ4v) is 1.58. The van der Waals surface area contributed by atoms with Crippen molar-refractivity contribution in [2.24, 2.45) is 5.92 Å². The Labute approximate surface area is 96.1 Å². The fraction of sp³-hybridized carbons (Fsp3) is 0.462. The zero-order valence-corrected chi connectivity index (χ0v) is 9.99. The first kappa shape index (κ1) is 12.6. The lowest BCUT2D eigenvalue weighted by Gasteiger charge is -2.12. The molecule has 16 heavy (non-hydrogen) atoms. The number of phenols is 1. The molecule has 1 atom stereocenters. The van der Waals surface area contributed by atoms with Crippen molar-refractivity contribution < 1.29 is 14.6 Å². The molecule has 0 aliphatic heterocycles. The van der Waals surface area contributed by atoms with Gasteiger partial charge in [-0.1, -0.05) is 25.1 Å². The molecule has 0 heterocycles. The van der Waals surface area contributed by atoms with Crippen LogP contribution in [-0.2, 0) is 16.0 Å². The van der Waals surface area contributed by atoms with Crippen molar-refractivity contribution in [3.8, 4) is 5.75 Å². The van der Waals surface area contributed by atoms with Gasteiger partial charge in [-0.15, -0.1) is 0 Å². The molecule has 0 saturated carbocycles. The van der Waals surface area contributed by atoms with Crippen molar-refractivity contribution >= 4 is 5.97 Å². The Balaban J connectivity index is 2.73. The second-order valence-electron chi connectivity index (χ2n) is 3.94. The molecule has 0 saturated heterocycles. The number of rotatable bonds is 4. The van der Waals surface area contributed by atoms with E-state index in [1.165, 1.54) is 0 Å². The van der Waals surface area contributed by atoms with Gasteiger partial charge in [0.1, 0.15) is 5.75 Å². The molecule has 3 nitrogen and oxygen atoms in total. The molecule has 0 amide bonds. The summed E-state index contributed by atoms with van der Waals surface area (Å²) < 4.78 is 4.93. The van der Waals surface area contributed by atoms with E-state index in [0.29, 0.717) is 13.0 Å². The fourth-order valence-electron chi connectivity index (χ4n) is 1.58. The van der Waals surface area contributed by atoms with E-state index in [2.05, 4.69) is 0 Å². The largest absolute Gasteiger partial charge is 0.507 e. The van der Waals surface area contributed by atoms with E-state index in [4.69, 9.17) is 4.74 Å². The van der Waals surface area contributed by atoms with Crippen LogP contribution in [-0.4, -0.2) is 17.7 Å². The predicted molar refractivity (Wildman–Crippen MR) is 62.3 cm³/mol. The van der Waals surface area contributed by atoms with Crippen LogP contribution < -0.4 is 0 Å². The van der Waals surface area contributed by atoms with Crippen molar-refractivity contribution in [1.29, 1.82) is 0 Å². The number of hydrogen-bond acceptors (Lipinski definition) is 3. The van der Waals surface area contributed by atoms with E-state index in [1.54, 1.807) is 13.8 Å². The molecule has 1 rings (SSSR count). The third kappa shape index (κ3) is 2.99. The van der Waals surface area contributed by atoms with Gasteiger partial charge in [0.05, 0.1) is 12.5 Å². The Morgan fingerprint density at radius 3 is 2.81 bits per heavy atom. The number of para-hydroxylation sites is 1. The highest BCUT2D eigenvalue weighted by Gasteiger charge is 2.16. The number of aryl methyl sites for hydroxylation is 1. The number of aromatic hydroxyl groups is 1. The normalized spacial score (nSPS) is 12.2. The summed E-state index contributed by atoms with van der Waals surface area (Å²) in [5.74, 6) is -0.172. The molecule has 0 spiro atoms. The highest BCUT2D eigenvalue weighted by Crippen LogP contribution is 2.24. The zero-order chi connectivity index (χ0) is 12.1. The van der Waals surface area contributed by atoms with Gasteiger partial charge in [0.25, 0.3) is 0 Å². The maximum absolute atomic E-state index is 11.4. The van der Waals surface area contributed by atoms with Crippen LogP contribution in [0.5, 0.6) is 5.75 Å². The van der Waals surface area contributed by atoms with E-state index in [1.807, 2.05) is 25.1 Å². The maximum Gasteiger partial charge on any atom is 0.308 e. The molecule has 88 valence electrons. The van der Waals surface area contributed by atoms with E-state index >= 15 is 0 Å². The molecule has 0 aliphatic rings. The minimum atomic E-state index is -0.229. The molecule has 1 unspecified atom stereocenters. The number of ether oxygens (including phenoxy) is 1. The van der Waals surface area contributed by atoms with Crippen molar-refractivity contribution in [3.05, 3.63) is 29.3 Å². The molecule has 0 radical (unpaired) electrons. The topological polar surface area (TPSA) is 46.5 Å². The Hall–Kier alpha value is -1.51. The number of hydrogen-bond donors (Lipinski definition) is 1. The first-order chi connectivity index (χ1) is 7.56. The number of phenolic OH excluding ortho intramolecular Hbond substituents is 1. The van der Waals surface area contributed by atoms with E-state index in [9.17, 15) is 9.90 Å². The molecular formula is C13H18O3. The highest BCUT2D eigenvalue weighted by atomic mass is 16.5. The van der Waals surface area contributed by atoms with Gasteiger partial charge in [-0.05, 0) is 31.4 Å². The first-order valence-corrected chi connectivity index (χ1v) is 5.50. The summed E-state index contributed by atoms with van der Waals surface area (Å²) >= 11 is 0. The third-order valence-electron chi connectivity index (χ3n) is 2.54. The minimum absolute atomic E-state index is 0.219. The lowest BCUT2D eigenvalue weighted by molar-refractivity contribution is -0.147. The second kappa shape index (κ2) is 5.54. The average molecular weight is 222 g/mol. The Bertz CT molecular complexity index is 371. The SMILES string of the molecule is CCOC(=O)C(C)Cc1cccc(C)c1O. The minimum Gasteiger partial charge on any atom is -0.507 e. The summed E-state index contributed by atoms with van der Waals surface area (Å²) in [6.45, 7) is 5.82. The van der Waals surface area contributed by atoms with E-state index < -0.39 is 0 Å². The van der Waals surface area contributed by atoms with Crippen LogP contribution in [0.15, 0.2) is 18.2 Å². The summed E-state index contributed by atoms with van der Waals surface area (Å²) in [6, 6.07) is 5.55. The predicted octanol–water partition coefficient (Wildman–Crippen LogP) is 2.44. The number of carbonyl (C=O) groups is 1. The zero-order valence-electron chi connectivity index (χ0n) is 9.99. The van der Waals surface area contributed by atoms with Crippen molar-refractivity contribution in [1.82, 2.24) is 0 Å². The summed E-state index contributed by atoms with van der Waals surface area (Å²) in [4.78, 5) is 11.4. The molecule has 0 bridgehead atoms. The van der Waals surface area contributed by atoms with Crippen LogP contribution in [0, 0.1) is 12.8 Å². The number of carbonyl (C=O) groups excluding carboxylic acids is 1. The van der Waals surface area contributed by atoms with Crippen LogP contribution in [0.1, 0.15) is 25.0 Å². The molecular weight excluding hydrogens is 204 g/mol. The summed E-state index contributed by atoms with van der Waals surface area (Å²) in [5.41, 5.74) is 1.62. The van der Waals surface area contributed by atoms with Gasteiger partial charge in [0.15, 0.2) is 0 Å². The quantitative estimate of drug-likeness (QED) is 0.796. The molecule has 0 aromatic heterocycles. The first-order valence-electron chi connectivity index (χ1n) is 5.50. The van der Waals surface area contributed by atoms with Gasteiger partial charge < -0.3 is 9.84 Å². The molecule has 3 heteroatoms. The van der Waals surface area contributed by atoms with Crippen molar-refractivity contribution in [2.45, 2.75) is 27.2 Å². The Morgan fingerprint density at radius 1 is 1.50 bits per heavy atom. The Kier molecular flexibility index (Phi) is 4.35. The average Bonchev–Trinajstić information content (AvgIpc) is 2.25. The summed E-state index contributed by atoms with van der Waals surface area (Å²) in [6.07, 6.45) is 0.506. The molecule has 0 aliphatic carbocycles. The number of benzene rings is 1. The van der Waals surface area contributed by atoms with Crippen LogP contribution in [0.2, 0.25) is 0 Å². The lowest BCUT2D eigenvalue weighted by Crippen LogP contribution is -2.17. The molecule has 1 N–H and O–H groups in total. The van der Waals surface area contributed by atoms with Gasteiger partial charge >= 0.3 is 5.97 Å². The van der Waals surface area contributed by atoms with Crippen LogP contribution in [0.4, 0.5) is 0 Å². The van der Waals surface area contributed by atoms with Gasteiger partial charge in [-0.3, -0.25) is 4.79 Å². The van der Waals surface area contributed by atoms with Gasteiger partial charge in [-0.2, -0.15) is 0 Å². The van der Waals surface area contributed by atoms with Crippen molar-refractivity contribution in [3.63, 3.8) is 0 Å². The monoisotopic (exact) mass is 222 g/mol. The molecule has 1 aromatic carbocycles. The van der Waals surface area contributed by atoms with Gasteiger partial charge in [-0.25, -0.2) is 0 Å². The van der Waals surface area contributed by atoms with Crippen molar-refractivity contribution in [2.75, 3.05) is 6.61 Å². The van der Waals surface area contributed by atoms with E-state index in [0.717, 1.165) is 11.1 Å². The third-order valence-corrected chi connectivity index (χ3v) is 2.54. The van der Waals surface area contributed by atoms with Gasteiger partial charge in [0, 0.05) is 0 Å². The van der Waals surface area contributed by atoms with E-state index in [-0.39, 0.29) is 17.6 Å². The second-order valence-corrected chi connectivity index (χ2v) is 3.94. The van der Waals surface area contributed by atoms with Gasteiger partial charge in [0.2, 0.25) is 0 Å². The van der Waals surface area contributed by atoms with Crippen LogP contribution in [0.25, 0.3) is 0 Å². The Morgan fingerprint density at radius 2 is 2.19 bits per heavy atom. The summed E-state index contributed by atoms with van der Waals surface area (Å²) in [5, 5.41) is 9.81. The highest BCUT2D eigenvalue weighted by molar-refractivity contribution is 5.72. The molecule has 1 aromatic rings. The standard InChI is InChI=1S/C13H18O3/c1-4-16-13(15)10(3)8-11-7-5-6-9(2)12(11)14/h5-7,10,14H,4,8H2,1-3H3. The maximum atomic E-state index is 11.4. The van der Waals surface area contributed by atoms with Crippen LogP contribution >= 0.6 is 0 Å². The smallest absolute Gasteiger partial charge is 0.308 e. The lowest BCUT2D eigenvalue weighted by atomic mass is 9.99.